The molecule has 0 fully saturated rings. The molecule has 0 aromatic heterocycles. The molecular formula is C13H20Br2N2O. The van der Waals surface area contributed by atoms with Crippen molar-refractivity contribution >= 4 is 31.9 Å². The Balaban J connectivity index is 2.47. The van der Waals surface area contributed by atoms with Gasteiger partial charge in [0.15, 0.2) is 0 Å². The molecule has 18 heavy (non-hydrogen) atoms. The average molecular weight is 380 g/mol. The lowest BCUT2D eigenvalue weighted by Gasteiger charge is -2.18. The Kier molecular flexibility index (Phi) is 8.10. The van der Waals surface area contributed by atoms with Gasteiger partial charge in [0.1, 0.15) is 0 Å². The zero-order valence-corrected chi connectivity index (χ0v) is 13.5. The van der Waals surface area contributed by atoms with Crippen LogP contribution in [0.3, 0.4) is 0 Å². The second kappa shape index (κ2) is 9.04. The minimum absolute atomic E-state index is 0.184. The highest BCUT2D eigenvalue weighted by molar-refractivity contribution is 9.13. The molecule has 102 valence electrons. The van der Waals surface area contributed by atoms with Crippen molar-refractivity contribution in [1.29, 1.82) is 0 Å². The summed E-state index contributed by atoms with van der Waals surface area (Å²) in [4.78, 5) is 0. The van der Waals surface area contributed by atoms with E-state index in [9.17, 15) is 0 Å². The van der Waals surface area contributed by atoms with Crippen molar-refractivity contribution in [3.8, 4) is 0 Å². The molecule has 0 spiro atoms. The van der Waals surface area contributed by atoms with E-state index >= 15 is 0 Å². The van der Waals surface area contributed by atoms with Gasteiger partial charge in [0.2, 0.25) is 0 Å². The van der Waals surface area contributed by atoms with Crippen LogP contribution in [0.5, 0.6) is 0 Å². The Labute approximate surface area is 125 Å². The lowest BCUT2D eigenvalue weighted by Crippen LogP contribution is -2.29. The van der Waals surface area contributed by atoms with Gasteiger partial charge in [-0.05, 0) is 75.4 Å². The van der Waals surface area contributed by atoms with Gasteiger partial charge < -0.3 is 16.2 Å². The lowest BCUT2D eigenvalue weighted by atomic mass is 10.1. The second-order valence-electron chi connectivity index (χ2n) is 4.20. The zero-order chi connectivity index (χ0) is 13.4. The van der Waals surface area contributed by atoms with Crippen LogP contribution in [0.2, 0.25) is 0 Å². The quantitative estimate of drug-likeness (QED) is 0.608. The first-order valence-corrected chi connectivity index (χ1v) is 7.77. The third kappa shape index (κ3) is 5.36. The van der Waals surface area contributed by atoms with E-state index in [1.807, 2.05) is 6.07 Å². The van der Waals surface area contributed by atoms with Gasteiger partial charge in [0.05, 0.1) is 0 Å². The molecular weight excluding hydrogens is 360 g/mol. The fraction of sp³-hybridized carbons (Fsp3) is 0.538. The van der Waals surface area contributed by atoms with Crippen molar-refractivity contribution in [1.82, 2.24) is 5.32 Å². The second-order valence-corrected chi connectivity index (χ2v) is 5.91. The van der Waals surface area contributed by atoms with E-state index in [2.05, 4.69) is 49.3 Å². The summed E-state index contributed by atoms with van der Waals surface area (Å²) in [6.45, 7) is 1.78. The number of nitrogens with one attached hydrogen (secondary N) is 1. The number of aliphatic hydroxyl groups is 1. The first kappa shape index (κ1) is 16.1. The van der Waals surface area contributed by atoms with Crippen LogP contribution in [0.4, 0.5) is 0 Å². The highest BCUT2D eigenvalue weighted by atomic mass is 79.9. The maximum absolute atomic E-state index is 8.71. The largest absolute Gasteiger partial charge is 0.396 e. The van der Waals surface area contributed by atoms with E-state index < -0.39 is 0 Å². The summed E-state index contributed by atoms with van der Waals surface area (Å²) < 4.78 is 2.09. The van der Waals surface area contributed by atoms with Gasteiger partial charge in [-0.1, -0.05) is 6.07 Å². The molecule has 0 bridgehead atoms. The van der Waals surface area contributed by atoms with Crippen molar-refractivity contribution in [3.05, 3.63) is 32.7 Å². The predicted molar refractivity (Wildman–Crippen MR) is 82.6 cm³/mol. The Morgan fingerprint density at radius 1 is 1.17 bits per heavy atom. The molecule has 1 aromatic rings. The molecule has 4 N–H and O–H groups in total. The Morgan fingerprint density at radius 2 is 1.94 bits per heavy atom. The standard InChI is InChI=1S/C13H20Br2N2O/c14-11-5-4-10(8-12(11)15)13(9-16)17-6-2-1-3-7-18/h4-5,8,13,17-18H,1-3,6-7,9,16H2. The summed E-state index contributed by atoms with van der Waals surface area (Å²) in [6, 6.07) is 6.37. The Hall–Kier alpha value is 0.0600. The molecule has 0 aliphatic heterocycles. The van der Waals surface area contributed by atoms with E-state index in [0.717, 1.165) is 34.8 Å². The maximum Gasteiger partial charge on any atom is 0.0444 e. The van der Waals surface area contributed by atoms with Gasteiger partial charge in [-0.3, -0.25) is 0 Å². The van der Waals surface area contributed by atoms with E-state index in [1.54, 1.807) is 0 Å². The van der Waals surface area contributed by atoms with Gasteiger partial charge in [0, 0.05) is 28.1 Å². The van der Waals surface area contributed by atoms with Gasteiger partial charge in [-0.2, -0.15) is 0 Å². The average Bonchev–Trinajstić information content (AvgIpc) is 2.37. The number of benzene rings is 1. The highest BCUT2D eigenvalue weighted by Gasteiger charge is 2.09. The SMILES string of the molecule is NCC(NCCCCCO)c1ccc(Br)c(Br)c1. The monoisotopic (exact) mass is 378 g/mol. The van der Waals surface area contributed by atoms with Crippen molar-refractivity contribution in [2.24, 2.45) is 5.73 Å². The van der Waals surface area contributed by atoms with Gasteiger partial charge in [-0.25, -0.2) is 0 Å². The summed E-state index contributed by atoms with van der Waals surface area (Å²) >= 11 is 6.96. The van der Waals surface area contributed by atoms with Gasteiger partial charge in [0.25, 0.3) is 0 Å². The molecule has 0 radical (unpaired) electrons. The number of hydrogen-bond acceptors (Lipinski definition) is 3. The number of nitrogens with two attached hydrogens (primary N) is 1. The molecule has 0 saturated heterocycles. The topological polar surface area (TPSA) is 58.3 Å². The number of aliphatic hydroxyl groups excluding tert-OH is 1. The number of hydrogen-bond donors (Lipinski definition) is 3. The third-order valence-electron chi connectivity index (χ3n) is 2.81. The summed E-state index contributed by atoms with van der Waals surface area (Å²) in [6.07, 6.45) is 2.98. The van der Waals surface area contributed by atoms with Crippen LogP contribution in [0.25, 0.3) is 0 Å². The van der Waals surface area contributed by atoms with Crippen molar-refractivity contribution in [3.63, 3.8) is 0 Å². The third-order valence-corrected chi connectivity index (χ3v) is 4.69. The van der Waals surface area contributed by atoms with Crippen LogP contribution in [0, 0.1) is 0 Å². The van der Waals surface area contributed by atoms with Crippen LogP contribution in [-0.2, 0) is 0 Å². The molecule has 1 aromatic carbocycles. The zero-order valence-electron chi connectivity index (χ0n) is 10.3. The molecule has 5 heteroatoms. The Morgan fingerprint density at radius 3 is 2.56 bits per heavy atom. The molecule has 1 rings (SSSR count). The minimum atomic E-state index is 0.184. The maximum atomic E-state index is 8.71. The Bertz CT molecular complexity index is 361. The van der Waals surface area contributed by atoms with E-state index in [1.165, 1.54) is 5.56 Å². The first-order valence-electron chi connectivity index (χ1n) is 6.18. The van der Waals surface area contributed by atoms with E-state index in [0.29, 0.717) is 6.54 Å². The number of rotatable bonds is 8. The van der Waals surface area contributed by atoms with Crippen molar-refractivity contribution < 1.29 is 5.11 Å². The van der Waals surface area contributed by atoms with E-state index in [-0.39, 0.29) is 12.6 Å². The normalized spacial score (nSPS) is 12.7. The molecule has 1 atom stereocenters. The molecule has 0 heterocycles. The number of halogens is 2. The highest BCUT2D eigenvalue weighted by Crippen LogP contribution is 2.26. The first-order chi connectivity index (χ1) is 8.69. The summed E-state index contributed by atoms with van der Waals surface area (Å²) in [7, 11) is 0. The van der Waals surface area contributed by atoms with Crippen LogP contribution < -0.4 is 11.1 Å². The smallest absolute Gasteiger partial charge is 0.0444 e. The van der Waals surface area contributed by atoms with Crippen LogP contribution in [0.1, 0.15) is 30.9 Å². The van der Waals surface area contributed by atoms with Gasteiger partial charge in [-0.15, -0.1) is 0 Å². The molecule has 0 aliphatic carbocycles. The van der Waals surface area contributed by atoms with Crippen molar-refractivity contribution in [2.45, 2.75) is 25.3 Å². The summed E-state index contributed by atoms with van der Waals surface area (Å²) in [5, 5.41) is 12.2. The van der Waals surface area contributed by atoms with Crippen LogP contribution >= 0.6 is 31.9 Å². The fourth-order valence-electron chi connectivity index (χ4n) is 1.76. The van der Waals surface area contributed by atoms with Crippen LogP contribution in [-0.4, -0.2) is 24.8 Å². The molecule has 0 aliphatic rings. The minimum Gasteiger partial charge on any atom is -0.396 e. The predicted octanol–water partition coefficient (Wildman–Crippen LogP) is 2.96. The van der Waals surface area contributed by atoms with Crippen LogP contribution in [0.15, 0.2) is 27.1 Å². The summed E-state index contributed by atoms with van der Waals surface area (Å²) in [5.41, 5.74) is 6.99. The molecule has 3 nitrogen and oxygen atoms in total. The van der Waals surface area contributed by atoms with E-state index in [4.69, 9.17) is 10.8 Å². The fourth-order valence-corrected chi connectivity index (χ4v) is 2.40. The molecule has 1 unspecified atom stereocenters. The molecule has 0 saturated carbocycles. The lowest BCUT2D eigenvalue weighted by molar-refractivity contribution is 0.282. The molecule has 0 amide bonds. The number of unbranched alkanes of at least 4 members (excludes halogenated alkanes) is 2. The summed E-state index contributed by atoms with van der Waals surface area (Å²) in [5.74, 6) is 0. The van der Waals surface area contributed by atoms with Gasteiger partial charge >= 0.3 is 0 Å². The van der Waals surface area contributed by atoms with Crippen molar-refractivity contribution in [2.75, 3.05) is 19.7 Å².